The van der Waals surface area contributed by atoms with Crippen LogP contribution in [0.5, 0.6) is 0 Å². The normalized spacial score (nSPS) is 18.2. The van der Waals surface area contributed by atoms with E-state index in [4.69, 9.17) is 0 Å². The Kier molecular flexibility index (Phi) is 5.86. The molecule has 1 unspecified atom stereocenters. The monoisotopic (exact) mass is 394 g/mol. The summed E-state index contributed by atoms with van der Waals surface area (Å²) in [7, 11) is -3.70. The molecule has 1 aliphatic heterocycles. The summed E-state index contributed by atoms with van der Waals surface area (Å²) in [6.45, 7) is 0.348. The Hall–Kier alpha value is -2.32. The molecular weight excluding hydrogens is 374 g/mol. The third kappa shape index (κ3) is 4.51. The first-order valence-electron chi connectivity index (χ1n) is 8.70. The number of hydrogen-bond acceptors (Lipinski definition) is 3. The summed E-state index contributed by atoms with van der Waals surface area (Å²) in [4.78, 5) is 12.5. The molecule has 0 spiro atoms. The van der Waals surface area contributed by atoms with Crippen LogP contribution in [0.4, 0.5) is 14.5 Å². The van der Waals surface area contributed by atoms with Crippen molar-refractivity contribution in [1.82, 2.24) is 4.31 Å². The molecule has 1 aliphatic rings. The maximum atomic E-state index is 13.3. The van der Waals surface area contributed by atoms with Gasteiger partial charge >= 0.3 is 0 Å². The molecule has 1 saturated heterocycles. The van der Waals surface area contributed by atoms with Crippen molar-refractivity contribution in [3.8, 4) is 0 Å². The van der Waals surface area contributed by atoms with E-state index in [0.29, 0.717) is 13.0 Å². The molecule has 1 atom stereocenters. The van der Waals surface area contributed by atoms with Crippen LogP contribution in [-0.2, 0) is 14.8 Å². The molecule has 2 aromatic carbocycles. The van der Waals surface area contributed by atoms with E-state index in [2.05, 4.69) is 5.32 Å². The number of carbonyl (C=O) groups excluding carboxylic acids is 1. The summed E-state index contributed by atoms with van der Waals surface area (Å²) in [6.07, 6.45) is 2.07. The van der Waals surface area contributed by atoms with Gasteiger partial charge in [-0.1, -0.05) is 24.6 Å². The molecule has 144 valence electrons. The van der Waals surface area contributed by atoms with Crippen LogP contribution in [0.15, 0.2) is 53.4 Å². The molecule has 0 aromatic heterocycles. The molecule has 1 amide bonds. The molecule has 1 fully saturated rings. The Morgan fingerprint density at radius 3 is 2.52 bits per heavy atom. The maximum absolute atomic E-state index is 13.3. The van der Waals surface area contributed by atoms with Crippen LogP contribution in [0.2, 0.25) is 0 Å². The molecule has 8 heteroatoms. The molecule has 5 nitrogen and oxygen atoms in total. The van der Waals surface area contributed by atoms with Gasteiger partial charge in [0.1, 0.15) is 0 Å². The number of nitrogens with one attached hydrogen (secondary N) is 1. The fraction of sp³-hybridized carbons (Fsp3) is 0.316. The number of halogens is 2. The molecular formula is C19H20F2N2O3S. The Balaban J connectivity index is 1.73. The molecule has 27 heavy (non-hydrogen) atoms. The van der Waals surface area contributed by atoms with Crippen LogP contribution in [0.1, 0.15) is 25.7 Å². The third-order valence-electron chi connectivity index (χ3n) is 4.55. The quantitative estimate of drug-likeness (QED) is 0.844. The Morgan fingerprint density at radius 1 is 1.07 bits per heavy atom. The first-order chi connectivity index (χ1) is 12.9. The lowest BCUT2D eigenvalue weighted by molar-refractivity contribution is -0.117. The van der Waals surface area contributed by atoms with Gasteiger partial charge in [0.25, 0.3) is 0 Å². The second-order valence-corrected chi connectivity index (χ2v) is 8.35. The van der Waals surface area contributed by atoms with Crippen LogP contribution in [0, 0.1) is 11.6 Å². The Morgan fingerprint density at radius 2 is 1.81 bits per heavy atom. The number of amides is 1. The molecule has 0 bridgehead atoms. The van der Waals surface area contributed by atoms with Crippen molar-refractivity contribution in [3.05, 3.63) is 60.2 Å². The second kappa shape index (κ2) is 8.14. The zero-order chi connectivity index (χ0) is 19.4. The highest BCUT2D eigenvalue weighted by atomic mass is 32.2. The van der Waals surface area contributed by atoms with Crippen LogP contribution in [0.25, 0.3) is 0 Å². The minimum Gasteiger partial charge on any atom is -0.326 e. The zero-order valence-corrected chi connectivity index (χ0v) is 15.4. The SMILES string of the molecule is O=C(CC1CCCCN1S(=O)(=O)c1ccccc1)Nc1ccc(F)c(F)c1. The van der Waals surface area contributed by atoms with E-state index in [9.17, 15) is 22.0 Å². The summed E-state index contributed by atoms with van der Waals surface area (Å²) in [6, 6.07) is 10.7. The van der Waals surface area contributed by atoms with Gasteiger partial charge < -0.3 is 5.32 Å². The molecule has 0 aliphatic carbocycles. The maximum Gasteiger partial charge on any atom is 0.243 e. The average Bonchev–Trinajstić information content (AvgIpc) is 2.66. The van der Waals surface area contributed by atoms with Gasteiger partial charge in [-0.15, -0.1) is 0 Å². The van der Waals surface area contributed by atoms with Gasteiger partial charge in [0.05, 0.1) is 4.90 Å². The van der Waals surface area contributed by atoms with Crippen molar-refractivity contribution >= 4 is 21.6 Å². The lowest BCUT2D eigenvalue weighted by atomic mass is 10.0. The highest BCUT2D eigenvalue weighted by molar-refractivity contribution is 7.89. The van der Waals surface area contributed by atoms with Crippen molar-refractivity contribution < 1.29 is 22.0 Å². The van der Waals surface area contributed by atoms with Gasteiger partial charge in [-0.2, -0.15) is 4.31 Å². The molecule has 2 aromatic rings. The predicted octanol–water partition coefficient (Wildman–Crippen LogP) is 3.54. The van der Waals surface area contributed by atoms with Crippen LogP contribution in [0.3, 0.4) is 0 Å². The number of rotatable bonds is 5. The van der Waals surface area contributed by atoms with Gasteiger partial charge in [0.2, 0.25) is 15.9 Å². The summed E-state index contributed by atoms with van der Waals surface area (Å²) >= 11 is 0. The van der Waals surface area contributed by atoms with Gasteiger partial charge in [-0.05, 0) is 37.1 Å². The number of nitrogens with zero attached hydrogens (tertiary/aromatic N) is 1. The minimum absolute atomic E-state index is 0.0505. The summed E-state index contributed by atoms with van der Waals surface area (Å²) in [5, 5.41) is 2.50. The molecule has 3 rings (SSSR count). The zero-order valence-electron chi connectivity index (χ0n) is 14.6. The highest BCUT2D eigenvalue weighted by Crippen LogP contribution is 2.27. The topological polar surface area (TPSA) is 66.5 Å². The summed E-state index contributed by atoms with van der Waals surface area (Å²) in [5.41, 5.74) is 0.132. The number of sulfonamides is 1. The first kappa shape index (κ1) is 19.4. The fourth-order valence-electron chi connectivity index (χ4n) is 3.22. The van der Waals surface area contributed by atoms with Gasteiger partial charge in [0, 0.05) is 30.8 Å². The number of anilines is 1. The molecule has 0 radical (unpaired) electrons. The lowest BCUT2D eigenvalue weighted by Crippen LogP contribution is -2.45. The fourth-order valence-corrected chi connectivity index (χ4v) is 4.94. The Bertz CT molecular complexity index is 920. The van der Waals surface area contributed by atoms with Gasteiger partial charge in [-0.25, -0.2) is 17.2 Å². The van der Waals surface area contributed by atoms with Gasteiger partial charge in [-0.3, -0.25) is 4.79 Å². The van der Waals surface area contributed by atoms with Crippen molar-refractivity contribution in [2.75, 3.05) is 11.9 Å². The van der Waals surface area contributed by atoms with Crippen LogP contribution in [-0.4, -0.2) is 31.2 Å². The van der Waals surface area contributed by atoms with Crippen molar-refractivity contribution in [2.45, 2.75) is 36.6 Å². The molecule has 1 N–H and O–H groups in total. The second-order valence-electron chi connectivity index (χ2n) is 6.46. The van der Waals surface area contributed by atoms with Crippen LogP contribution >= 0.6 is 0 Å². The minimum atomic E-state index is -3.70. The van der Waals surface area contributed by atoms with E-state index >= 15 is 0 Å². The average molecular weight is 394 g/mol. The summed E-state index contributed by atoms with van der Waals surface area (Å²) in [5.74, 6) is -2.50. The van der Waals surface area contributed by atoms with Gasteiger partial charge in [0.15, 0.2) is 11.6 Å². The van der Waals surface area contributed by atoms with Crippen molar-refractivity contribution in [1.29, 1.82) is 0 Å². The van der Waals surface area contributed by atoms with E-state index in [1.54, 1.807) is 18.2 Å². The van der Waals surface area contributed by atoms with Crippen molar-refractivity contribution in [2.24, 2.45) is 0 Å². The largest absolute Gasteiger partial charge is 0.326 e. The predicted molar refractivity (Wildman–Crippen MR) is 97.6 cm³/mol. The van der Waals surface area contributed by atoms with E-state index in [1.807, 2.05) is 0 Å². The van der Waals surface area contributed by atoms with E-state index in [-0.39, 0.29) is 17.0 Å². The third-order valence-corrected chi connectivity index (χ3v) is 6.51. The van der Waals surface area contributed by atoms with Crippen LogP contribution < -0.4 is 5.32 Å². The van der Waals surface area contributed by atoms with E-state index in [0.717, 1.165) is 25.0 Å². The number of piperidine rings is 1. The Labute approximate surface area is 157 Å². The highest BCUT2D eigenvalue weighted by Gasteiger charge is 2.34. The number of carbonyl (C=O) groups is 1. The van der Waals surface area contributed by atoms with Crippen molar-refractivity contribution in [3.63, 3.8) is 0 Å². The number of benzene rings is 2. The lowest BCUT2D eigenvalue weighted by Gasteiger charge is -2.34. The van der Waals surface area contributed by atoms with E-state index in [1.165, 1.54) is 22.5 Å². The van der Waals surface area contributed by atoms with E-state index < -0.39 is 33.6 Å². The number of hydrogen-bond donors (Lipinski definition) is 1. The summed E-state index contributed by atoms with van der Waals surface area (Å²) < 4.78 is 53.5. The molecule has 0 saturated carbocycles. The first-order valence-corrected chi connectivity index (χ1v) is 10.1. The molecule has 1 heterocycles. The smallest absolute Gasteiger partial charge is 0.243 e. The standard InChI is InChI=1S/C19H20F2N2O3S/c20-17-10-9-14(12-18(17)21)22-19(24)13-15-6-4-5-11-23(15)27(25,26)16-7-2-1-3-8-16/h1-3,7-10,12,15H,4-6,11,13H2,(H,22,24).